The monoisotopic (exact) mass is 559 g/mol. The van der Waals surface area contributed by atoms with Gasteiger partial charge in [-0.05, 0) is 98.3 Å². The van der Waals surface area contributed by atoms with Gasteiger partial charge in [0.1, 0.15) is 6.04 Å². The summed E-state index contributed by atoms with van der Waals surface area (Å²) in [4.78, 5) is 43.7. The molecule has 0 bridgehead atoms. The molecule has 4 aliphatic rings. The van der Waals surface area contributed by atoms with E-state index in [9.17, 15) is 19.5 Å². The molecule has 8 nitrogen and oxygen atoms in total. The highest BCUT2D eigenvalue weighted by molar-refractivity contribution is 5.94. The van der Waals surface area contributed by atoms with Crippen LogP contribution in [0.2, 0.25) is 0 Å². The molecule has 1 spiro atoms. The van der Waals surface area contributed by atoms with Gasteiger partial charge in [-0.15, -0.1) is 0 Å². The highest BCUT2D eigenvalue weighted by Gasteiger charge is 2.50. The average Bonchev–Trinajstić information content (AvgIpc) is 2.99. The number of hydrogen-bond donors (Lipinski definition) is 2. The van der Waals surface area contributed by atoms with E-state index in [4.69, 9.17) is 4.74 Å². The van der Waals surface area contributed by atoms with Crippen LogP contribution in [0.3, 0.4) is 0 Å². The maximum absolute atomic E-state index is 14.1. The maximum Gasteiger partial charge on any atom is 0.335 e. The molecule has 41 heavy (non-hydrogen) atoms. The van der Waals surface area contributed by atoms with Crippen LogP contribution in [0.15, 0.2) is 42.5 Å². The summed E-state index contributed by atoms with van der Waals surface area (Å²) in [6.45, 7) is 4.39. The van der Waals surface area contributed by atoms with Crippen molar-refractivity contribution in [2.45, 2.75) is 63.5 Å². The number of carboxylic acid groups (broad SMARTS) is 1. The number of piperidine rings is 2. The predicted molar refractivity (Wildman–Crippen MR) is 156 cm³/mol. The van der Waals surface area contributed by atoms with Crippen LogP contribution in [0, 0.1) is 11.3 Å². The number of ether oxygens (including phenoxy) is 1. The third kappa shape index (κ3) is 5.52. The molecule has 2 aromatic carbocycles. The van der Waals surface area contributed by atoms with Crippen molar-refractivity contribution in [1.29, 1.82) is 0 Å². The molecule has 218 valence electrons. The molecule has 2 N–H and O–H groups in total. The van der Waals surface area contributed by atoms with Crippen LogP contribution in [0.4, 0.5) is 5.69 Å². The SMILES string of the molecule is COC1CCN(c2cccc3c2CCN(C(=O)C2CC4(CCNCC4)C2)C3C(=O)Cc2ccc(C(=O)O)cc2)CC1. The molecule has 0 aromatic heterocycles. The fourth-order valence-corrected chi connectivity index (χ4v) is 7.69. The number of ketones is 1. The molecule has 3 aliphatic heterocycles. The summed E-state index contributed by atoms with van der Waals surface area (Å²) in [6, 6.07) is 12.1. The Labute approximate surface area is 242 Å². The van der Waals surface area contributed by atoms with E-state index in [1.807, 2.05) is 17.0 Å². The molecule has 1 unspecified atom stereocenters. The molecular weight excluding hydrogens is 518 g/mol. The highest BCUT2D eigenvalue weighted by atomic mass is 16.5. The van der Waals surface area contributed by atoms with E-state index >= 15 is 0 Å². The number of aromatic carboxylic acids is 1. The van der Waals surface area contributed by atoms with Gasteiger partial charge in [-0.25, -0.2) is 4.79 Å². The number of carbonyl (C=O) groups is 3. The number of rotatable bonds is 7. The second-order valence-corrected chi connectivity index (χ2v) is 12.5. The van der Waals surface area contributed by atoms with E-state index < -0.39 is 12.0 Å². The Balaban J connectivity index is 1.28. The van der Waals surface area contributed by atoms with Crippen molar-refractivity contribution in [2.75, 3.05) is 44.7 Å². The van der Waals surface area contributed by atoms with Gasteiger partial charge in [0, 0.05) is 44.8 Å². The average molecular weight is 560 g/mol. The van der Waals surface area contributed by atoms with Gasteiger partial charge in [0.15, 0.2) is 5.78 Å². The summed E-state index contributed by atoms with van der Waals surface area (Å²) < 4.78 is 5.58. The predicted octanol–water partition coefficient (Wildman–Crippen LogP) is 4.02. The first-order valence-corrected chi connectivity index (χ1v) is 15.1. The molecule has 1 amide bonds. The fourth-order valence-electron chi connectivity index (χ4n) is 7.69. The minimum absolute atomic E-state index is 0.0175. The maximum atomic E-state index is 14.1. The normalized spacial score (nSPS) is 22.7. The zero-order chi connectivity index (χ0) is 28.6. The van der Waals surface area contributed by atoms with Crippen LogP contribution >= 0.6 is 0 Å². The fraction of sp³-hybridized carbons (Fsp3) is 0.545. The van der Waals surface area contributed by atoms with Crippen LogP contribution in [0.5, 0.6) is 0 Å². The van der Waals surface area contributed by atoms with E-state index in [2.05, 4.69) is 16.3 Å². The lowest BCUT2D eigenvalue weighted by atomic mass is 9.57. The number of fused-ring (bicyclic) bond motifs is 1. The zero-order valence-electron chi connectivity index (χ0n) is 23.9. The minimum Gasteiger partial charge on any atom is -0.478 e. The summed E-state index contributed by atoms with van der Waals surface area (Å²) in [7, 11) is 1.77. The summed E-state index contributed by atoms with van der Waals surface area (Å²) in [5.41, 5.74) is 4.53. The molecule has 1 aliphatic carbocycles. The second-order valence-electron chi connectivity index (χ2n) is 12.5. The summed E-state index contributed by atoms with van der Waals surface area (Å²) in [5.74, 6) is -0.912. The standard InChI is InChI=1S/C33H41N3O5/c1-41-25-9-16-35(17-10-25)28-4-2-3-27-26(28)11-18-36(31(38)24-20-33(21-24)12-14-34-15-13-33)30(27)29(37)19-22-5-7-23(8-6-22)32(39)40/h2-8,24-25,30,34H,9-21H2,1H3,(H,39,40). The van der Waals surface area contributed by atoms with Gasteiger partial charge in [-0.2, -0.15) is 0 Å². The van der Waals surface area contributed by atoms with Gasteiger partial charge in [0.2, 0.25) is 5.91 Å². The van der Waals surface area contributed by atoms with Crippen molar-refractivity contribution >= 4 is 23.3 Å². The number of benzene rings is 2. The quantitative estimate of drug-likeness (QED) is 0.529. The number of anilines is 1. The molecule has 1 atom stereocenters. The van der Waals surface area contributed by atoms with Crippen molar-refractivity contribution in [3.8, 4) is 0 Å². The van der Waals surface area contributed by atoms with E-state index in [1.165, 1.54) is 23.4 Å². The largest absolute Gasteiger partial charge is 0.478 e. The Kier molecular flexibility index (Phi) is 7.88. The van der Waals surface area contributed by atoms with Gasteiger partial charge >= 0.3 is 5.97 Å². The topological polar surface area (TPSA) is 99.2 Å². The number of amides is 1. The Morgan fingerprint density at radius 1 is 1.00 bits per heavy atom. The van der Waals surface area contributed by atoms with E-state index in [-0.39, 0.29) is 41.1 Å². The minimum atomic E-state index is -0.991. The first-order valence-electron chi connectivity index (χ1n) is 15.1. The molecule has 0 radical (unpaired) electrons. The number of nitrogens with one attached hydrogen (secondary N) is 1. The first-order chi connectivity index (χ1) is 19.9. The van der Waals surface area contributed by atoms with Crippen LogP contribution in [-0.4, -0.2) is 73.6 Å². The molecule has 3 fully saturated rings. The number of methoxy groups -OCH3 is 1. The van der Waals surface area contributed by atoms with Gasteiger partial charge in [-0.1, -0.05) is 24.3 Å². The van der Waals surface area contributed by atoms with E-state index in [1.54, 1.807) is 19.2 Å². The molecular formula is C33H41N3O5. The Morgan fingerprint density at radius 3 is 2.37 bits per heavy atom. The smallest absolute Gasteiger partial charge is 0.335 e. The molecule has 2 aromatic rings. The summed E-state index contributed by atoms with van der Waals surface area (Å²) >= 11 is 0. The Hall–Kier alpha value is -3.23. The lowest BCUT2D eigenvalue weighted by Crippen LogP contribution is -2.53. The summed E-state index contributed by atoms with van der Waals surface area (Å²) in [6.07, 6.45) is 7.20. The van der Waals surface area contributed by atoms with Gasteiger partial charge < -0.3 is 25.0 Å². The number of hydrogen-bond acceptors (Lipinski definition) is 6. The van der Waals surface area contributed by atoms with Gasteiger partial charge in [0.25, 0.3) is 0 Å². The van der Waals surface area contributed by atoms with Crippen LogP contribution < -0.4 is 10.2 Å². The second kappa shape index (κ2) is 11.6. The lowest BCUT2D eigenvalue weighted by molar-refractivity contribution is -0.151. The molecule has 8 heteroatoms. The van der Waals surface area contributed by atoms with Crippen LogP contribution in [0.1, 0.15) is 71.6 Å². The third-order valence-corrected chi connectivity index (χ3v) is 10.1. The molecule has 3 heterocycles. The number of carbonyl (C=O) groups excluding carboxylic acids is 2. The molecule has 2 saturated heterocycles. The molecule has 1 saturated carbocycles. The number of nitrogens with zero attached hydrogens (tertiary/aromatic N) is 2. The molecule has 6 rings (SSSR count). The van der Waals surface area contributed by atoms with E-state index in [0.717, 1.165) is 82.3 Å². The summed E-state index contributed by atoms with van der Waals surface area (Å²) in [5, 5.41) is 12.7. The van der Waals surface area contributed by atoms with Crippen molar-refractivity contribution in [2.24, 2.45) is 11.3 Å². The highest BCUT2D eigenvalue weighted by Crippen LogP contribution is 2.53. The van der Waals surface area contributed by atoms with Gasteiger partial charge in [-0.3, -0.25) is 9.59 Å². The van der Waals surface area contributed by atoms with Crippen LogP contribution in [-0.2, 0) is 27.2 Å². The van der Waals surface area contributed by atoms with Crippen molar-refractivity contribution in [1.82, 2.24) is 10.2 Å². The van der Waals surface area contributed by atoms with Gasteiger partial charge in [0.05, 0.1) is 11.7 Å². The first kappa shape index (κ1) is 27.9. The zero-order valence-corrected chi connectivity index (χ0v) is 23.9. The van der Waals surface area contributed by atoms with Crippen LogP contribution in [0.25, 0.3) is 0 Å². The lowest BCUT2D eigenvalue weighted by Gasteiger charge is -2.51. The van der Waals surface area contributed by atoms with E-state index in [0.29, 0.717) is 6.54 Å². The third-order valence-electron chi connectivity index (χ3n) is 10.1. The van der Waals surface area contributed by atoms with Crippen molar-refractivity contribution < 1.29 is 24.2 Å². The van der Waals surface area contributed by atoms with Crippen molar-refractivity contribution in [3.05, 3.63) is 64.7 Å². The number of carboxylic acids is 1. The van der Waals surface area contributed by atoms with Crippen molar-refractivity contribution in [3.63, 3.8) is 0 Å². The number of Topliss-reactive ketones (excluding diaryl/α,β-unsaturated/α-hetero) is 1. The Bertz CT molecular complexity index is 1290. The Morgan fingerprint density at radius 2 is 1.71 bits per heavy atom.